The summed E-state index contributed by atoms with van der Waals surface area (Å²) >= 11 is 3.23. The summed E-state index contributed by atoms with van der Waals surface area (Å²) in [5, 5.41) is 9.13. The number of hydrogen-bond acceptors (Lipinski definition) is 1. The molecule has 0 unspecified atom stereocenters. The molecule has 0 heterocycles. The van der Waals surface area contributed by atoms with Crippen LogP contribution in [0.2, 0.25) is 0 Å². The van der Waals surface area contributed by atoms with E-state index in [2.05, 4.69) is 15.9 Å². The second kappa shape index (κ2) is 3.30. The standard InChI is InChI=1S/C11H10BrFO2/c1-6-8(4-7(13)5-9(6)12)11(2-3-11)10(14)15/h4-5H,2-3H2,1H3,(H,14,15). The van der Waals surface area contributed by atoms with Gasteiger partial charge in [-0.1, -0.05) is 15.9 Å². The number of benzene rings is 1. The Bertz CT molecular complexity index is 438. The van der Waals surface area contributed by atoms with Crippen molar-refractivity contribution < 1.29 is 14.3 Å². The highest BCUT2D eigenvalue weighted by molar-refractivity contribution is 9.10. The molecule has 1 saturated carbocycles. The molecule has 1 aromatic carbocycles. The van der Waals surface area contributed by atoms with Crippen LogP contribution in [0.3, 0.4) is 0 Å². The van der Waals surface area contributed by atoms with E-state index in [1.54, 1.807) is 0 Å². The summed E-state index contributed by atoms with van der Waals surface area (Å²) in [7, 11) is 0. The monoisotopic (exact) mass is 272 g/mol. The van der Waals surface area contributed by atoms with E-state index in [1.807, 2.05) is 6.92 Å². The molecule has 2 nitrogen and oxygen atoms in total. The number of halogens is 2. The Kier molecular flexibility index (Phi) is 2.34. The molecule has 0 bridgehead atoms. The Morgan fingerprint density at radius 2 is 2.13 bits per heavy atom. The second-order valence-corrected chi connectivity index (χ2v) is 4.80. The van der Waals surface area contributed by atoms with Crippen LogP contribution in [0.4, 0.5) is 4.39 Å². The Labute approximate surface area is 95.2 Å². The highest BCUT2D eigenvalue weighted by Gasteiger charge is 2.52. The lowest BCUT2D eigenvalue weighted by Gasteiger charge is -2.14. The Morgan fingerprint density at radius 1 is 1.53 bits per heavy atom. The Morgan fingerprint density at radius 3 is 2.60 bits per heavy atom. The second-order valence-electron chi connectivity index (χ2n) is 3.95. The topological polar surface area (TPSA) is 37.3 Å². The fraction of sp³-hybridized carbons (Fsp3) is 0.364. The maximum absolute atomic E-state index is 13.2. The fourth-order valence-corrected chi connectivity index (χ4v) is 2.30. The summed E-state index contributed by atoms with van der Waals surface area (Å²) < 4.78 is 13.8. The van der Waals surface area contributed by atoms with Crippen molar-refractivity contribution >= 4 is 21.9 Å². The molecule has 1 aliphatic rings. The average molecular weight is 273 g/mol. The van der Waals surface area contributed by atoms with Gasteiger partial charge in [-0.25, -0.2) is 4.39 Å². The third-order valence-electron chi connectivity index (χ3n) is 2.98. The fourth-order valence-electron chi connectivity index (χ4n) is 1.87. The van der Waals surface area contributed by atoms with E-state index in [9.17, 15) is 9.18 Å². The molecule has 0 aliphatic heterocycles. The van der Waals surface area contributed by atoms with Crippen molar-refractivity contribution in [1.29, 1.82) is 0 Å². The van der Waals surface area contributed by atoms with Crippen molar-refractivity contribution in [2.24, 2.45) is 0 Å². The van der Waals surface area contributed by atoms with Crippen molar-refractivity contribution in [3.8, 4) is 0 Å². The molecule has 80 valence electrons. The molecule has 1 aliphatic carbocycles. The summed E-state index contributed by atoms with van der Waals surface area (Å²) in [4.78, 5) is 11.1. The average Bonchev–Trinajstić information content (AvgIpc) is 2.91. The van der Waals surface area contributed by atoms with Gasteiger partial charge in [0.05, 0.1) is 5.41 Å². The smallest absolute Gasteiger partial charge is 0.314 e. The molecule has 2 rings (SSSR count). The third kappa shape index (κ3) is 1.57. The number of aliphatic carboxylic acids is 1. The van der Waals surface area contributed by atoms with Crippen LogP contribution in [0.1, 0.15) is 24.0 Å². The van der Waals surface area contributed by atoms with Crippen molar-refractivity contribution in [3.05, 3.63) is 33.5 Å². The van der Waals surface area contributed by atoms with E-state index in [-0.39, 0.29) is 0 Å². The van der Waals surface area contributed by atoms with E-state index in [1.165, 1.54) is 12.1 Å². The van der Waals surface area contributed by atoms with E-state index >= 15 is 0 Å². The summed E-state index contributed by atoms with van der Waals surface area (Å²) in [6.45, 7) is 1.81. The lowest BCUT2D eigenvalue weighted by Crippen LogP contribution is -2.21. The number of carbonyl (C=O) groups is 1. The lowest BCUT2D eigenvalue weighted by atomic mass is 9.92. The molecule has 4 heteroatoms. The predicted octanol–water partition coefficient (Wildman–Crippen LogP) is 3.01. The summed E-state index contributed by atoms with van der Waals surface area (Å²) in [5.74, 6) is -1.25. The van der Waals surface area contributed by atoms with Gasteiger partial charge in [-0.2, -0.15) is 0 Å². The summed E-state index contributed by atoms with van der Waals surface area (Å²) in [5.41, 5.74) is 0.576. The zero-order chi connectivity index (χ0) is 11.2. The van der Waals surface area contributed by atoms with Gasteiger partial charge in [0.1, 0.15) is 5.82 Å². The van der Waals surface area contributed by atoms with Gasteiger partial charge < -0.3 is 5.11 Å². The van der Waals surface area contributed by atoms with Crippen LogP contribution in [0.25, 0.3) is 0 Å². The molecule has 0 radical (unpaired) electrons. The largest absolute Gasteiger partial charge is 0.481 e. The first-order valence-corrected chi connectivity index (χ1v) is 5.46. The molecule has 1 N–H and O–H groups in total. The minimum Gasteiger partial charge on any atom is -0.481 e. The molecule has 15 heavy (non-hydrogen) atoms. The first kappa shape index (κ1) is 10.6. The first-order valence-electron chi connectivity index (χ1n) is 4.67. The van der Waals surface area contributed by atoms with Crippen LogP contribution >= 0.6 is 15.9 Å². The number of carboxylic acids is 1. The summed E-state index contributed by atoms with van der Waals surface area (Å²) in [6, 6.07) is 2.69. The molecule has 0 amide bonds. The van der Waals surface area contributed by atoms with Crippen LogP contribution in [-0.2, 0) is 10.2 Å². The van der Waals surface area contributed by atoms with Gasteiger partial charge >= 0.3 is 5.97 Å². The number of carboxylic acid groups (broad SMARTS) is 1. The molecular formula is C11H10BrFO2. The molecule has 0 aromatic heterocycles. The maximum Gasteiger partial charge on any atom is 0.314 e. The summed E-state index contributed by atoms with van der Waals surface area (Å²) in [6.07, 6.45) is 1.19. The maximum atomic E-state index is 13.2. The third-order valence-corrected chi connectivity index (χ3v) is 3.81. The molecule has 0 spiro atoms. The lowest BCUT2D eigenvalue weighted by molar-refractivity contribution is -0.140. The molecule has 0 saturated heterocycles. The van der Waals surface area contributed by atoms with Crippen molar-refractivity contribution in [2.45, 2.75) is 25.2 Å². The highest BCUT2D eigenvalue weighted by atomic mass is 79.9. The van der Waals surface area contributed by atoms with Gasteiger partial charge in [-0.05, 0) is 43.0 Å². The van der Waals surface area contributed by atoms with Gasteiger partial charge in [-0.15, -0.1) is 0 Å². The highest BCUT2D eigenvalue weighted by Crippen LogP contribution is 2.50. The first-order chi connectivity index (χ1) is 6.97. The van der Waals surface area contributed by atoms with Gasteiger partial charge in [-0.3, -0.25) is 4.79 Å². The van der Waals surface area contributed by atoms with Gasteiger partial charge in [0, 0.05) is 4.47 Å². The van der Waals surface area contributed by atoms with Crippen molar-refractivity contribution in [3.63, 3.8) is 0 Å². The molecule has 1 fully saturated rings. The van der Waals surface area contributed by atoms with Gasteiger partial charge in [0.2, 0.25) is 0 Å². The Hall–Kier alpha value is -0.900. The van der Waals surface area contributed by atoms with E-state index in [4.69, 9.17) is 5.11 Å². The minimum atomic E-state index is -0.858. The minimum absolute atomic E-state index is 0.394. The van der Waals surface area contributed by atoms with Gasteiger partial charge in [0.15, 0.2) is 0 Å². The Balaban J connectivity index is 2.58. The zero-order valence-corrected chi connectivity index (χ0v) is 9.77. The van der Waals surface area contributed by atoms with Crippen LogP contribution < -0.4 is 0 Å². The van der Waals surface area contributed by atoms with Crippen LogP contribution in [0, 0.1) is 12.7 Å². The van der Waals surface area contributed by atoms with Gasteiger partial charge in [0.25, 0.3) is 0 Å². The van der Waals surface area contributed by atoms with Crippen molar-refractivity contribution in [1.82, 2.24) is 0 Å². The number of hydrogen-bond donors (Lipinski definition) is 1. The predicted molar refractivity (Wildman–Crippen MR) is 57.4 cm³/mol. The van der Waals surface area contributed by atoms with Crippen LogP contribution in [-0.4, -0.2) is 11.1 Å². The van der Waals surface area contributed by atoms with E-state index < -0.39 is 17.2 Å². The number of rotatable bonds is 2. The van der Waals surface area contributed by atoms with E-state index in [0.29, 0.717) is 22.9 Å². The molecular weight excluding hydrogens is 263 g/mol. The molecule has 0 atom stereocenters. The quantitative estimate of drug-likeness (QED) is 0.899. The zero-order valence-electron chi connectivity index (χ0n) is 8.18. The van der Waals surface area contributed by atoms with Crippen molar-refractivity contribution in [2.75, 3.05) is 0 Å². The van der Waals surface area contributed by atoms with E-state index in [0.717, 1.165) is 5.56 Å². The van der Waals surface area contributed by atoms with Crippen LogP contribution in [0.5, 0.6) is 0 Å². The molecule has 1 aromatic rings. The SMILES string of the molecule is Cc1c(Br)cc(F)cc1C1(C(=O)O)CC1. The normalized spacial score (nSPS) is 17.5. The van der Waals surface area contributed by atoms with Crippen LogP contribution in [0.15, 0.2) is 16.6 Å².